The second-order valence-electron chi connectivity index (χ2n) is 5.07. The fraction of sp³-hybridized carbons (Fsp3) is 0.600. The zero-order chi connectivity index (χ0) is 14.3. The van der Waals surface area contributed by atoms with Gasteiger partial charge in [-0.25, -0.2) is 0 Å². The first-order chi connectivity index (χ1) is 9.04. The largest absolute Gasteiger partial charge is 0.507 e. The first kappa shape index (κ1) is 15.8. The van der Waals surface area contributed by atoms with Gasteiger partial charge in [0, 0.05) is 30.8 Å². The predicted octanol–water partition coefficient (Wildman–Crippen LogP) is 2.72. The van der Waals surface area contributed by atoms with Crippen LogP contribution < -0.4 is 10.1 Å². The van der Waals surface area contributed by atoms with Crippen LogP contribution in [-0.2, 0) is 4.74 Å². The van der Waals surface area contributed by atoms with Gasteiger partial charge in [0.1, 0.15) is 11.5 Å². The summed E-state index contributed by atoms with van der Waals surface area (Å²) in [5.41, 5.74) is 0.865. The third-order valence-electron chi connectivity index (χ3n) is 2.85. The highest BCUT2D eigenvalue weighted by Gasteiger charge is 2.10. The lowest BCUT2D eigenvalue weighted by atomic mass is 10.1. The van der Waals surface area contributed by atoms with Gasteiger partial charge in [-0.05, 0) is 18.9 Å². The fourth-order valence-corrected chi connectivity index (χ4v) is 1.79. The van der Waals surface area contributed by atoms with Crippen molar-refractivity contribution in [1.29, 1.82) is 0 Å². The molecule has 1 atom stereocenters. The lowest BCUT2D eigenvalue weighted by Crippen LogP contribution is -2.24. The van der Waals surface area contributed by atoms with Crippen LogP contribution in [0, 0.1) is 5.92 Å². The summed E-state index contributed by atoms with van der Waals surface area (Å²) >= 11 is 0. The number of hydrogen-bond donors (Lipinski definition) is 2. The lowest BCUT2D eigenvalue weighted by molar-refractivity contribution is 0.110. The molecule has 0 aromatic heterocycles. The first-order valence-corrected chi connectivity index (χ1v) is 6.72. The molecule has 1 aromatic carbocycles. The maximum Gasteiger partial charge on any atom is 0.124 e. The number of benzene rings is 1. The third kappa shape index (κ3) is 5.49. The van der Waals surface area contributed by atoms with Crippen LogP contribution in [-0.4, -0.2) is 32.0 Å². The number of methoxy groups -OCH3 is 1. The number of rotatable bonds is 8. The molecule has 19 heavy (non-hydrogen) atoms. The molecule has 1 aromatic rings. The number of phenols is 1. The molecule has 0 aliphatic rings. The maximum atomic E-state index is 9.92. The molecular formula is C15H25NO3. The van der Waals surface area contributed by atoms with E-state index in [1.807, 2.05) is 19.1 Å². The molecule has 4 nitrogen and oxygen atoms in total. The summed E-state index contributed by atoms with van der Waals surface area (Å²) in [6.45, 7) is 8.50. The Morgan fingerprint density at radius 3 is 2.58 bits per heavy atom. The molecule has 1 unspecified atom stereocenters. The van der Waals surface area contributed by atoms with Crippen LogP contribution in [0.2, 0.25) is 0 Å². The van der Waals surface area contributed by atoms with Gasteiger partial charge in [0.2, 0.25) is 0 Å². The Kier molecular flexibility index (Phi) is 6.67. The molecule has 2 N–H and O–H groups in total. The highest BCUT2D eigenvalue weighted by Crippen LogP contribution is 2.28. The quantitative estimate of drug-likeness (QED) is 0.711. The minimum atomic E-state index is 0.0774. The van der Waals surface area contributed by atoms with Gasteiger partial charge < -0.3 is 19.9 Å². The smallest absolute Gasteiger partial charge is 0.124 e. The van der Waals surface area contributed by atoms with Crippen molar-refractivity contribution in [1.82, 2.24) is 5.32 Å². The van der Waals surface area contributed by atoms with Crippen molar-refractivity contribution in [2.45, 2.75) is 26.8 Å². The summed E-state index contributed by atoms with van der Waals surface area (Å²) < 4.78 is 10.6. The Labute approximate surface area is 115 Å². The molecule has 0 saturated heterocycles. The summed E-state index contributed by atoms with van der Waals surface area (Å²) in [5.74, 6) is 1.47. The average molecular weight is 267 g/mol. The van der Waals surface area contributed by atoms with Gasteiger partial charge >= 0.3 is 0 Å². The van der Waals surface area contributed by atoms with Crippen LogP contribution in [0.1, 0.15) is 32.4 Å². The van der Waals surface area contributed by atoms with E-state index in [4.69, 9.17) is 9.47 Å². The van der Waals surface area contributed by atoms with Crippen LogP contribution >= 0.6 is 0 Å². The Morgan fingerprint density at radius 2 is 2.00 bits per heavy atom. The molecule has 0 heterocycles. The second-order valence-corrected chi connectivity index (χ2v) is 5.07. The van der Waals surface area contributed by atoms with E-state index in [9.17, 15) is 5.11 Å². The van der Waals surface area contributed by atoms with Gasteiger partial charge in [-0.1, -0.05) is 19.9 Å². The summed E-state index contributed by atoms with van der Waals surface area (Å²) in [4.78, 5) is 0. The number of ether oxygens (including phenoxy) is 2. The van der Waals surface area contributed by atoms with Crippen LogP contribution in [0.15, 0.2) is 18.2 Å². The highest BCUT2D eigenvalue weighted by molar-refractivity contribution is 5.41. The van der Waals surface area contributed by atoms with E-state index in [2.05, 4.69) is 19.2 Å². The summed E-state index contributed by atoms with van der Waals surface area (Å²) in [7, 11) is 1.59. The molecule has 108 valence electrons. The van der Waals surface area contributed by atoms with Crippen molar-refractivity contribution in [3.05, 3.63) is 23.8 Å². The van der Waals surface area contributed by atoms with Crippen LogP contribution in [0.25, 0.3) is 0 Å². The summed E-state index contributed by atoms with van der Waals surface area (Å²) in [5, 5.41) is 13.2. The normalized spacial score (nSPS) is 12.7. The molecular weight excluding hydrogens is 242 g/mol. The molecule has 0 amide bonds. The van der Waals surface area contributed by atoms with Crippen molar-refractivity contribution >= 4 is 0 Å². The SMILES string of the molecule is COc1ccc(C(C)NCCOCC(C)C)c(O)c1. The van der Waals surface area contributed by atoms with Crippen LogP contribution in [0.3, 0.4) is 0 Å². The third-order valence-corrected chi connectivity index (χ3v) is 2.85. The number of hydrogen-bond acceptors (Lipinski definition) is 4. The van der Waals surface area contributed by atoms with E-state index in [1.165, 1.54) is 0 Å². The maximum absolute atomic E-state index is 9.92. The Bertz CT molecular complexity index is 380. The zero-order valence-corrected chi connectivity index (χ0v) is 12.3. The molecule has 0 saturated carbocycles. The van der Waals surface area contributed by atoms with Gasteiger partial charge in [-0.3, -0.25) is 0 Å². The summed E-state index contributed by atoms with van der Waals surface area (Å²) in [6, 6.07) is 5.43. The van der Waals surface area contributed by atoms with Gasteiger partial charge in [-0.2, -0.15) is 0 Å². The van der Waals surface area contributed by atoms with Gasteiger partial charge in [0.25, 0.3) is 0 Å². The molecule has 0 bridgehead atoms. The summed E-state index contributed by atoms with van der Waals surface area (Å²) in [6.07, 6.45) is 0. The number of aromatic hydroxyl groups is 1. The molecule has 0 radical (unpaired) electrons. The minimum absolute atomic E-state index is 0.0774. The topological polar surface area (TPSA) is 50.7 Å². The Morgan fingerprint density at radius 1 is 1.26 bits per heavy atom. The molecule has 1 rings (SSSR count). The van der Waals surface area contributed by atoms with Gasteiger partial charge in [0.05, 0.1) is 13.7 Å². The van der Waals surface area contributed by atoms with E-state index in [1.54, 1.807) is 13.2 Å². The number of phenolic OH excluding ortho intramolecular Hbond substituents is 1. The van der Waals surface area contributed by atoms with E-state index < -0.39 is 0 Å². The van der Waals surface area contributed by atoms with Gasteiger partial charge in [-0.15, -0.1) is 0 Å². The first-order valence-electron chi connectivity index (χ1n) is 6.72. The van der Waals surface area contributed by atoms with Gasteiger partial charge in [0.15, 0.2) is 0 Å². The van der Waals surface area contributed by atoms with E-state index in [0.717, 1.165) is 18.7 Å². The van der Waals surface area contributed by atoms with E-state index >= 15 is 0 Å². The van der Waals surface area contributed by atoms with E-state index in [0.29, 0.717) is 18.3 Å². The molecule has 0 spiro atoms. The average Bonchev–Trinajstić information content (AvgIpc) is 2.37. The molecule has 0 fully saturated rings. The Hall–Kier alpha value is -1.26. The molecule has 0 aliphatic carbocycles. The van der Waals surface area contributed by atoms with Crippen molar-refractivity contribution < 1.29 is 14.6 Å². The minimum Gasteiger partial charge on any atom is -0.507 e. The van der Waals surface area contributed by atoms with Crippen molar-refractivity contribution in [2.75, 3.05) is 26.9 Å². The lowest BCUT2D eigenvalue weighted by Gasteiger charge is -2.16. The monoisotopic (exact) mass is 267 g/mol. The Balaban J connectivity index is 2.39. The molecule has 0 aliphatic heterocycles. The highest BCUT2D eigenvalue weighted by atomic mass is 16.5. The van der Waals surface area contributed by atoms with Crippen LogP contribution in [0.4, 0.5) is 0 Å². The predicted molar refractivity (Wildman–Crippen MR) is 76.7 cm³/mol. The second kappa shape index (κ2) is 8.02. The van der Waals surface area contributed by atoms with Crippen LogP contribution in [0.5, 0.6) is 11.5 Å². The van der Waals surface area contributed by atoms with Crippen molar-refractivity contribution in [3.8, 4) is 11.5 Å². The number of nitrogens with one attached hydrogen (secondary N) is 1. The fourth-order valence-electron chi connectivity index (χ4n) is 1.79. The standard InChI is InChI=1S/C15H25NO3/c1-11(2)10-19-8-7-16-12(3)14-6-5-13(18-4)9-15(14)17/h5-6,9,11-12,16-17H,7-8,10H2,1-4H3. The van der Waals surface area contributed by atoms with E-state index in [-0.39, 0.29) is 11.8 Å². The van der Waals surface area contributed by atoms with Crippen molar-refractivity contribution in [3.63, 3.8) is 0 Å². The zero-order valence-electron chi connectivity index (χ0n) is 12.3. The molecule has 4 heteroatoms. The van der Waals surface area contributed by atoms with Crippen molar-refractivity contribution in [2.24, 2.45) is 5.92 Å².